The quantitative estimate of drug-likeness (QED) is 0.813. The minimum absolute atomic E-state index is 0.0567. The minimum atomic E-state index is 0.0567. The fourth-order valence-corrected chi connectivity index (χ4v) is 2.48. The van der Waals surface area contributed by atoms with Crippen molar-refractivity contribution in [3.63, 3.8) is 0 Å². The monoisotopic (exact) mass is 267 g/mol. The Labute approximate surface area is 121 Å². The highest BCUT2D eigenvalue weighted by molar-refractivity contribution is 6.06. The molecule has 0 aliphatic carbocycles. The molecule has 2 aromatic rings. The predicted octanol–water partition coefficient (Wildman–Crippen LogP) is 4.28. The van der Waals surface area contributed by atoms with Crippen LogP contribution in [0.5, 0.6) is 0 Å². The van der Waals surface area contributed by atoms with Crippen LogP contribution in [0.15, 0.2) is 42.5 Å². The summed E-state index contributed by atoms with van der Waals surface area (Å²) in [6.45, 7) is 8.79. The number of carbonyl (C=O) groups excluding carboxylic acids is 1. The Bertz CT molecular complexity index is 611. The van der Waals surface area contributed by atoms with E-state index in [1.54, 1.807) is 0 Å². The molecule has 0 saturated carbocycles. The Hall–Kier alpha value is -2.09. The Kier molecular flexibility index (Phi) is 4.23. The lowest BCUT2D eigenvalue weighted by atomic mass is 10.1. The Morgan fingerprint density at radius 1 is 0.950 bits per heavy atom. The normalized spacial score (nSPS) is 10.4. The molecule has 0 aromatic heterocycles. The summed E-state index contributed by atoms with van der Waals surface area (Å²) < 4.78 is 0. The summed E-state index contributed by atoms with van der Waals surface area (Å²) in [6.07, 6.45) is 0. The van der Waals surface area contributed by atoms with Crippen molar-refractivity contribution in [2.24, 2.45) is 0 Å². The van der Waals surface area contributed by atoms with Gasteiger partial charge >= 0.3 is 0 Å². The van der Waals surface area contributed by atoms with E-state index in [1.807, 2.05) is 43.0 Å². The third-order valence-corrected chi connectivity index (χ3v) is 3.34. The van der Waals surface area contributed by atoms with Gasteiger partial charge in [0.25, 0.3) is 5.91 Å². The lowest BCUT2D eigenvalue weighted by Gasteiger charge is -2.22. The van der Waals surface area contributed by atoms with Gasteiger partial charge in [0.15, 0.2) is 0 Å². The van der Waals surface area contributed by atoms with Crippen molar-refractivity contribution >= 4 is 11.6 Å². The molecule has 0 unspecified atom stereocenters. The summed E-state index contributed by atoms with van der Waals surface area (Å²) in [5, 5.41) is 0. The highest BCUT2D eigenvalue weighted by Crippen LogP contribution is 2.21. The number of carbonyl (C=O) groups is 1. The number of hydrogen-bond donors (Lipinski definition) is 0. The molecule has 0 bridgehead atoms. The van der Waals surface area contributed by atoms with Crippen LogP contribution in [0.3, 0.4) is 0 Å². The standard InChI is InChI=1S/C18H21NO/c1-5-19(17-11-14(3)9-15(4)12-17)18(20)16-8-6-7-13(2)10-16/h6-12H,5H2,1-4H3. The molecular weight excluding hydrogens is 246 g/mol. The third kappa shape index (κ3) is 3.08. The molecular formula is C18H21NO. The molecule has 2 rings (SSSR count). The van der Waals surface area contributed by atoms with Gasteiger partial charge in [0, 0.05) is 17.8 Å². The van der Waals surface area contributed by atoms with Crippen molar-refractivity contribution < 1.29 is 4.79 Å². The second kappa shape index (κ2) is 5.91. The first kappa shape index (κ1) is 14.3. The average Bonchev–Trinajstić information content (AvgIpc) is 2.38. The molecule has 2 aromatic carbocycles. The van der Waals surface area contributed by atoms with Crippen LogP contribution in [0.25, 0.3) is 0 Å². The van der Waals surface area contributed by atoms with Crippen LogP contribution in [0.2, 0.25) is 0 Å². The van der Waals surface area contributed by atoms with Gasteiger partial charge < -0.3 is 4.90 Å². The number of anilines is 1. The highest BCUT2D eigenvalue weighted by Gasteiger charge is 2.16. The van der Waals surface area contributed by atoms with E-state index < -0.39 is 0 Å². The topological polar surface area (TPSA) is 20.3 Å². The summed E-state index contributed by atoms with van der Waals surface area (Å²) in [5.74, 6) is 0.0567. The lowest BCUT2D eigenvalue weighted by Crippen LogP contribution is -2.30. The number of benzene rings is 2. The van der Waals surface area contributed by atoms with Crippen molar-refractivity contribution in [2.75, 3.05) is 11.4 Å². The SMILES string of the molecule is CCN(C(=O)c1cccc(C)c1)c1cc(C)cc(C)c1. The van der Waals surface area contributed by atoms with Crippen LogP contribution in [0, 0.1) is 20.8 Å². The van der Waals surface area contributed by atoms with Gasteiger partial charge in [-0.25, -0.2) is 0 Å². The summed E-state index contributed by atoms with van der Waals surface area (Å²) >= 11 is 0. The van der Waals surface area contributed by atoms with Crippen LogP contribution >= 0.6 is 0 Å². The van der Waals surface area contributed by atoms with Crippen LogP contribution < -0.4 is 4.90 Å². The number of nitrogens with zero attached hydrogens (tertiary/aromatic N) is 1. The van der Waals surface area contributed by atoms with Gasteiger partial charge in [-0.05, 0) is 63.1 Å². The average molecular weight is 267 g/mol. The second-order valence-electron chi connectivity index (χ2n) is 5.26. The van der Waals surface area contributed by atoms with E-state index in [0.717, 1.165) is 16.8 Å². The van der Waals surface area contributed by atoms with Crippen molar-refractivity contribution in [3.8, 4) is 0 Å². The van der Waals surface area contributed by atoms with Gasteiger partial charge in [-0.15, -0.1) is 0 Å². The largest absolute Gasteiger partial charge is 0.309 e. The molecule has 2 heteroatoms. The Morgan fingerprint density at radius 2 is 1.60 bits per heavy atom. The second-order valence-corrected chi connectivity index (χ2v) is 5.26. The zero-order chi connectivity index (χ0) is 14.7. The summed E-state index contributed by atoms with van der Waals surface area (Å²) in [7, 11) is 0. The molecule has 104 valence electrons. The maximum absolute atomic E-state index is 12.7. The zero-order valence-electron chi connectivity index (χ0n) is 12.6. The van der Waals surface area contributed by atoms with Gasteiger partial charge in [-0.3, -0.25) is 4.79 Å². The van der Waals surface area contributed by atoms with Crippen molar-refractivity contribution in [2.45, 2.75) is 27.7 Å². The molecule has 20 heavy (non-hydrogen) atoms. The van der Waals surface area contributed by atoms with E-state index >= 15 is 0 Å². The summed E-state index contributed by atoms with van der Waals surface area (Å²) in [5.41, 5.74) is 5.17. The summed E-state index contributed by atoms with van der Waals surface area (Å²) in [4.78, 5) is 14.5. The molecule has 0 atom stereocenters. The molecule has 2 nitrogen and oxygen atoms in total. The van der Waals surface area contributed by atoms with Crippen LogP contribution in [-0.4, -0.2) is 12.5 Å². The van der Waals surface area contributed by atoms with Crippen molar-refractivity contribution in [1.29, 1.82) is 0 Å². The van der Waals surface area contributed by atoms with E-state index in [1.165, 1.54) is 11.1 Å². The van der Waals surface area contributed by atoms with Gasteiger partial charge in [-0.1, -0.05) is 23.8 Å². The van der Waals surface area contributed by atoms with Gasteiger partial charge in [0.1, 0.15) is 0 Å². The molecule has 0 aliphatic rings. The smallest absolute Gasteiger partial charge is 0.258 e. The van der Waals surface area contributed by atoms with E-state index in [2.05, 4.69) is 32.0 Å². The number of amides is 1. The lowest BCUT2D eigenvalue weighted by molar-refractivity contribution is 0.0988. The van der Waals surface area contributed by atoms with Crippen molar-refractivity contribution in [3.05, 3.63) is 64.7 Å². The van der Waals surface area contributed by atoms with E-state index in [-0.39, 0.29) is 5.91 Å². The number of hydrogen-bond acceptors (Lipinski definition) is 1. The van der Waals surface area contributed by atoms with Gasteiger partial charge in [0.05, 0.1) is 0 Å². The molecule has 0 heterocycles. The van der Waals surface area contributed by atoms with Crippen LogP contribution in [0.4, 0.5) is 5.69 Å². The van der Waals surface area contributed by atoms with E-state index in [0.29, 0.717) is 6.54 Å². The molecule has 0 N–H and O–H groups in total. The maximum atomic E-state index is 12.7. The van der Waals surface area contributed by atoms with Crippen LogP contribution in [-0.2, 0) is 0 Å². The highest BCUT2D eigenvalue weighted by atomic mass is 16.2. The maximum Gasteiger partial charge on any atom is 0.258 e. The molecule has 1 amide bonds. The van der Waals surface area contributed by atoms with E-state index in [9.17, 15) is 4.79 Å². The van der Waals surface area contributed by atoms with Gasteiger partial charge in [0.2, 0.25) is 0 Å². The fraction of sp³-hybridized carbons (Fsp3) is 0.278. The number of aryl methyl sites for hydroxylation is 3. The minimum Gasteiger partial charge on any atom is -0.309 e. The Balaban J connectivity index is 2.39. The molecule has 0 aliphatic heterocycles. The Morgan fingerprint density at radius 3 is 2.15 bits per heavy atom. The first-order valence-electron chi connectivity index (χ1n) is 6.98. The molecule has 0 radical (unpaired) electrons. The third-order valence-electron chi connectivity index (χ3n) is 3.34. The van der Waals surface area contributed by atoms with Gasteiger partial charge in [-0.2, -0.15) is 0 Å². The van der Waals surface area contributed by atoms with Crippen molar-refractivity contribution in [1.82, 2.24) is 0 Å². The molecule has 0 fully saturated rings. The molecule has 0 saturated heterocycles. The first-order valence-corrected chi connectivity index (χ1v) is 6.98. The summed E-state index contributed by atoms with van der Waals surface area (Å²) in [6, 6.07) is 14.0. The first-order chi connectivity index (χ1) is 9.51. The number of rotatable bonds is 3. The van der Waals surface area contributed by atoms with E-state index in [4.69, 9.17) is 0 Å². The van der Waals surface area contributed by atoms with Crippen LogP contribution in [0.1, 0.15) is 34.0 Å². The fourth-order valence-electron chi connectivity index (χ4n) is 2.48. The zero-order valence-corrected chi connectivity index (χ0v) is 12.6. The predicted molar refractivity (Wildman–Crippen MR) is 84.4 cm³/mol. The molecule has 0 spiro atoms.